The third-order valence-electron chi connectivity index (χ3n) is 4.07. The summed E-state index contributed by atoms with van der Waals surface area (Å²) in [4.78, 5) is 18.4. The molecule has 1 aromatic rings. The number of carbonyl (C=O) groups excluding carboxylic acids is 1. The molecule has 2 rings (SSSR count). The molecule has 1 aromatic heterocycles. The molecule has 1 aliphatic rings. The van der Waals surface area contributed by atoms with Crippen LogP contribution in [0.15, 0.2) is 6.20 Å². The van der Waals surface area contributed by atoms with Crippen LogP contribution in [0.5, 0.6) is 0 Å². The number of H-pyrrole nitrogens is 1. The van der Waals surface area contributed by atoms with Crippen LogP contribution in [0.4, 0.5) is 0 Å². The average Bonchev–Trinajstić information content (AvgIpc) is 3.15. The Bertz CT molecular complexity index is 639. The molecule has 23 heavy (non-hydrogen) atoms. The molecule has 130 valence electrons. The van der Waals surface area contributed by atoms with Crippen molar-refractivity contribution in [2.75, 3.05) is 26.2 Å². The van der Waals surface area contributed by atoms with E-state index in [1.807, 2.05) is 13.8 Å². The molecule has 1 aliphatic heterocycles. The van der Waals surface area contributed by atoms with Crippen LogP contribution in [0, 0.1) is 0 Å². The van der Waals surface area contributed by atoms with Crippen LogP contribution >= 0.6 is 0 Å². The van der Waals surface area contributed by atoms with Gasteiger partial charge in [-0.05, 0) is 6.42 Å². The van der Waals surface area contributed by atoms with Gasteiger partial charge in [0.25, 0.3) is 10.2 Å². The van der Waals surface area contributed by atoms with Crippen molar-refractivity contribution in [3.8, 4) is 0 Å². The maximum absolute atomic E-state index is 12.5. The maximum Gasteiger partial charge on any atom is 0.281 e. The van der Waals surface area contributed by atoms with Crippen LogP contribution in [-0.4, -0.2) is 59.1 Å². The number of imidazole rings is 1. The van der Waals surface area contributed by atoms with Gasteiger partial charge in [0.15, 0.2) is 0 Å². The van der Waals surface area contributed by atoms with Crippen molar-refractivity contribution in [3.63, 3.8) is 0 Å². The normalized spacial score (nSPS) is 19.4. The Kier molecular flexibility index (Phi) is 5.77. The fourth-order valence-corrected chi connectivity index (χ4v) is 4.45. The van der Waals surface area contributed by atoms with Crippen molar-refractivity contribution in [1.82, 2.24) is 23.9 Å². The zero-order valence-corrected chi connectivity index (χ0v) is 14.7. The van der Waals surface area contributed by atoms with E-state index < -0.39 is 10.2 Å². The number of aromatic nitrogens is 2. The van der Waals surface area contributed by atoms with Crippen LogP contribution in [0.3, 0.4) is 0 Å². The van der Waals surface area contributed by atoms with Gasteiger partial charge in [-0.3, -0.25) is 4.79 Å². The van der Waals surface area contributed by atoms with Gasteiger partial charge in [-0.2, -0.15) is 17.0 Å². The average molecular weight is 343 g/mol. The minimum atomic E-state index is -3.39. The Morgan fingerprint density at radius 3 is 2.78 bits per heavy atom. The van der Waals surface area contributed by atoms with Gasteiger partial charge in [0, 0.05) is 39.0 Å². The number of nitrogens with one attached hydrogen (secondary N) is 2. The smallest absolute Gasteiger partial charge is 0.281 e. The second-order valence-corrected chi connectivity index (χ2v) is 7.57. The van der Waals surface area contributed by atoms with Crippen molar-refractivity contribution in [1.29, 1.82) is 0 Å². The first-order chi connectivity index (χ1) is 10.9. The summed E-state index contributed by atoms with van der Waals surface area (Å²) in [6.07, 6.45) is 2.43. The van der Waals surface area contributed by atoms with Gasteiger partial charge < -0.3 is 10.3 Å². The van der Waals surface area contributed by atoms with Crippen molar-refractivity contribution >= 4 is 16.1 Å². The lowest BCUT2D eigenvalue weighted by molar-refractivity contribution is -0.119. The number of amides is 1. The highest BCUT2D eigenvalue weighted by Crippen LogP contribution is 2.28. The molecule has 1 atom stereocenters. The summed E-state index contributed by atoms with van der Waals surface area (Å²) in [6.45, 7) is 7.44. The Balaban J connectivity index is 2.01. The molecule has 9 heteroatoms. The van der Waals surface area contributed by atoms with Crippen molar-refractivity contribution in [2.45, 2.75) is 39.7 Å². The molecule has 1 fully saturated rings. The van der Waals surface area contributed by atoms with Crippen molar-refractivity contribution < 1.29 is 13.2 Å². The second-order valence-electron chi connectivity index (χ2n) is 5.64. The van der Waals surface area contributed by atoms with Gasteiger partial charge in [-0.15, -0.1) is 0 Å². The number of aromatic amines is 1. The number of carbonyl (C=O) groups is 1. The molecule has 0 radical (unpaired) electrons. The fraction of sp³-hybridized carbons (Fsp3) is 0.714. The van der Waals surface area contributed by atoms with Gasteiger partial charge in [0.05, 0.1) is 18.4 Å². The SMILES string of the molecule is CCN(CC)S(=O)(=O)N1CC[C@@H](c2ncc(CNC(C)=O)[nH]2)C1. The highest BCUT2D eigenvalue weighted by Gasteiger charge is 2.35. The van der Waals surface area contributed by atoms with Crippen molar-refractivity contribution in [2.24, 2.45) is 0 Å². The molecule has 0 aromatic carbocycles. The molecule has 0 unspecified atom stereocenters. The molecule has 2 heterocycles. The molecule has 0 spiro atoms. The standard InChI is InChI=1S/C14H25N5O3S/c1-4-18(5-2)23(21,22)19-7-6-12(10-19)14-16-9-13(17-14)8-15-11(3)20/h9,12H,4-8,10H2,1-3H3,(H,15,20)(H,16,17)/t12-/m1/s1. The summed E-state index contributed by atoms with van der Waals surface area (Å²) in [5.41, 5.74) is 0.820. The highest BCUT2D eigenvalue weighted by molar-refractivity contribution is 7.86. The van der Waals surface area contributed by atoms with E-state index in [1.54, 1.807) is 6.20 Å². The lowest BCUT2D eigenvalue weighted by Gasteiger charge is -2.25. The van der Waals surface area contributed by atoms with E-state index in [9.17, 15) is 13.2 Å². The fourth-order valence-electron chi connectivity index (χ4n) is 2.77. The zero-order valence-electron chi connectivity index (χ0n) is 13.9. The second kappa shape index (κ2) is 7.41. The van der Waals surface area contributed by atoms with E-state index in [-0.39, 0.29) is 11.8 Å². The summed E-state index contributed by atoms with van der Waals surface area (Å²) in [6, 6.07) is 0. The topological polar surface area (TPSA) is 98.4 Å². The Labute approximate surface area is 137 Å². The Morgan fingerprint density at radius 1 is 1.48 bits per heavy atom. The molecule has 1 amide bonds. The molecule has 1 saturated heterocycles. The number of hydrogen-bond acceptors (Lipinski definition) is 4. The number of nitrogens with zero attached hydrogens (tertiary/aromatic N) is 3. The van der Waals surface area contributed by atoms with Crippen LogP contribution in [-0.2, 0) is 21.5 Å². The molecule has 8 nitrogen and oxygen atoms in total. The van der Waals surface area contributed by atoms with E-state index >= 15 is 0 Å². The lowest BCUT2D eigenvalue weighted by Crippen LogP contribution is -2.42. The van der Waals surface area contributed by atoms with Crippen LogP contribution in [0.1, 0.15) is 44.6 Å². The van der Waals surface area contributed by atoms with Gasteiger partial charge in [-0.1, -0.05) is 13.8 Å². The van der Waals surface area contributed by atoms with Gasteiger partial charge in [0.1, 0.15) is 5.82 Å². The molecule has 2 N–H and O–H groups in total. The number of rotatable bonds is 7. The number of hydrogen-bond donors (Lipinski definition) is 2. The van der Waals surface area contributed by atoms with Crippen LogP contribution in [0.2, 0.25) is 0 Å². The minimum absolute atomic E-state index is 0.0615. The maximum atomic E-state index is 12.5. The predicted octanol–water partition coefficient (Wildman–Crippen LogP) is 0.422. The van der Waals surface area contributed by atoms with E-state index in [0.29, 0.717) is 32.7 Å². The Morgan fingerprint density at radius 2 is 2.17 bits per heavy atom. The third kappa shape index (κ3) is 4.10. The summed E-state index contributed by atoms with van der Waals surface area (Å²) < 4.78 is 28.1. The first-order valence-electron chi connectivity index (χ1n) is 7.91. The van der Waals surface area contributed by atoms with Gasteiger partial charge in [0.2, 0.25) is 5.91 Å². The zero-order chi connectivity index (χ0) is 17.0. The molecular formula is C14H25N5O3S. The van der Waals surface area contributed by atoms with Crippen molar-refractivity contribution in [3.05, 3.63) is 17.7 Å². The Hall–Kier alpha value is -1.45. The summed E-state index contributed by atoms with van der Waals surface area (Å²) in [5, 5.41) is 2.71. The van der Waals surface area contributed by atoms with Crippen LogP contribution < -0.4 is 5.32 Å². The molecule has 0 bridgehead atoms. The molecular weight excluding hydrogens is 318 g/mol. The first kappa shape index (κ1) is 17.9. The van der Waals surface area contributed by atoms with Crippen LogP contribution in [0.25, 0.3) is 0 Å². The van der Waals surface area contributed by atoms with E-state index in [4.69, 9.17) is 0 Å². The monoisotopic (exact) mass is 343 g/mol. The van der Waals surface area contributed by atoms with E-state index in [2.05, 4.69) is 15.3 Å². The summed E-state index contributed by atoms with van der Waals surface area (Å²) in [7, 11) is -3.39. The lowest BCUT2D eigenvalue weighted by atomic mass is 10.1. The van der Waals surface area contributed by atoms with E-state index in [1.165, 1.54) is 15.5 Å². The predicted molar refractivity (Wildman–Crippen MR) is 86.9 cm³/mol. The third-order valence-corrected chi connectivity index (χ3v) is 6.22. The first-order valence-corrected chi connectivity index (χ1v) is 9.31. The largest absolute Gasteiger partial charge is 0.351 e. The summed E-state index contributed by atoms with van der Waals surface area (Å²) >= 11 is 0. The van der Waals surface area contributed by atoms with E-state index in [0.717, 1.165) is 17.9 Å². The summed E-state index contributed by atoms with van der Waals surface area (Å²) in [5.74, 6) is 0.743. The minimum Gasteiger partial charge on any atom is -0.351 e. The van der Waals surface area contributed by atoms with Gasteiger partial charge >= 0.3 is 0 Å². The highest BCUT2D eigenvalue weighted by atomic mass is 32.2. The quantitative estimate of drug-likeness (QED) is 0.750. The molecule has 0 aliphatic carbocycles. The van der Waals surface area contributed by atoms with Gasteiger partial charge in [-0.25, -0.2) is 4.98 Å². The molecule has 0 saturated carbocycles.